The van der Waals surface area contributed by atoms with Crippen molar-refractivity contribution in [2.24, 2.45) is 0 Å². The normalized spacial score (nSPS) is 16.7. The van der Waals surface area contributed by atoms with Gasteiger partial charge in [-0.2, -0.15) is 0 Å². The Bertz CT molecular complexity index is 549. The fraction of sp³-hybridized carbons (Fsp3) is 0.600. The van der Waals surface area contributed by atoms with Gasteiger partial charge >= 0.3 is 0 Å². The van der Waals surface area contributed by atoms with Gasteiger partial charge in [-0.15, -0.1) is 0 Å². The summed E-state index contributed by atoms with van der Waals surface area (Å²) < 4.78 is 27.0. The lowest BCUT2D eigenvalue weighted by molar-refractivity contribution is 0.334. The van der Waals surface area contributed by atoms with Gasteiger partial charge in [0.1, 0.15) is 0 Å². The number of hydrogen-bond donors (Lipinski definition) is 1. The predicted octanol–water partition coefficient (Wildman–Crippen LogP) is 2.07. The van der Waals surface area contributed by atoms with E-state index in [1.807, 2.05) is 19.9 Å². The maximum absolute atomic E-state index is 12.2. The van der Waals surface area contributed by atoms with Crippen LogP contribution >= 0.6 is 0 Å². The van der Waals surface area contributed by atoms with Crippen molar-refractivity contribution in [3.05, 3.63) is 29.3 Å². The summed E-state index contributed by atoms with van der Waals surface area (Å²) in [7, 11) is -3.36. The summed E-state index contributed by atoms with van der Waals surface area (Å²) in [6, 6.07) is 5.26. The molecule has 0 saturated carbocycles. The Morgan fingerprint density at radius 2 is 1.85 bits per heavy atom. The predicted molar refractivity (Wildman–Crippen MR) is 81.4 cm³/mol. The van der Waals surface area contributed by atoms with Gasteiger partial charge in [0.15, 0.2) is 0 Å². The largest absolute Gasteiger partial charge is 0.303 e. The monoisotopic (exact) mass is 296 g/mol. The lowest BCUT2D eigenvalue weighted by Gasteiger charge is -2.14. The maximum Gasteiger partial charge on any atom is 0.240 e. The summed E-state index contributed by atoms with van der Waals surface area (Å²) in [5.41, 5.74) is 2.11. The molecule has 1 heterocycles. The number of benzene rings is 1. The van der Waals surface area contributed by atoms with E-state index in [4.69, 9.17) is 0 Å². The van der Waals surface area contributed by atoms with E-state index in [2.05, 4.69) is 9.62 Å². The highest BCUT2D eigenvalue weighted by Gasteiger charge is 2.15. The molecule has 1 N–H and O–H groups in total. The second kappa shape index (κ2) is 6.70. The van der Waals surface area contributed by atoms with Crippen LogP contribution in [-0.2, 0) is 10.0 Å². The van der Waals surface area contributed by atoms with Crippen molar-refractivity contribution in [1.29, 1.82) is 0 Å². The van der Waals surface area contributed by atoms with Gasteiger partial charge in [-0.1, -0.05) is 6.07 Å². The Morgan fingerprint density at radius 1 is 1.15 bits per heavy atom. The lowest BCUT2D eigenvalue weighted by atomic mass is 10.1. The van der Waals surface area contributed by atoms with Crippen LogP contribution < -0.4 is 4.72 Å². The number of nitrogens with one attached hydrogen (secondary N) is 1. The van der Waals surface area contributed by atoms with Crippen LogP contribution in [0.25, 0.3) is 0 Å². The Balaban J connectivity index is 1.85. The van der Waals surface area contributed by atoms with Gasteiger partial charge in [0.2, 0.25) is 10.0 Å². The number of nitrogens with zero attached hydrogens (tertiary/aromatic N) is 1. The van der Waals surface area contributed by atoms with Gasteiger partial charge in [0.05, 0.1) is 4.90 Å². The molecule has 1 aromatic rings. The molecule has 0 amide bonds. The molecule has 0 atom stereocenters. The van der Waals surface area contributed by atoms with Gasteiger partial charge in [0.25, 0.3) is 0 Å². The van der Waals surface area contributed by atoms with E-state index in [1.165, 1.54) is 12.8 Å². The van der Waals surface area contributed by atoms with Crippen LogP contribution in [0, 0.1) is 13.8 Å². The lowest BCUT2D eigenvalue weighted by Crippen LogP contribution is -2.28. The molecule has 4 nitrogen and oxygen atoms in total. The highest BCUT2D eigenvalue weighted by atomic mass is 32.2. The summed E-state index contributed by atoms with van der Waals surface area (Å²) >= 11 is 0. The Hall–Kier alpha value is -0.910. The third kappa shape index (κ3) is 4.04. The molecule has 0 bridgehead atoms. The Kier molecular flexibility index (Phi) is 5.18. The summed E-state index contributed by atoms with van der Waals surface area (Å²) in [5, 5.41) is 0. The number of hydrogen-bond acceptors (Lipinski definition) is 3. The van der Waals surface area contributed by atoms with E-state index in [9.17, 15) is 8.42 Å². The third-order valence-electron chi connectivity index (χ3n) is 3.93. The zero-order valence-electron chi connectivity index (χ0n) is 12.4. The van der Waals surface area contributed by atoms with Crippen molar-refractivity contribution >= 4 is 10.0 Å². The molecule has 20 heavy (non-hydrogen) atoms. The minimum atomic E-state index is -3.36. The first-order chi connectivity index (χ1) is 9.49. The molecule has 112 valence electrons. The van der Waals surface area contributed by atoms with Crippen molar-refractivity contribution in [3.63, 3.8) is 0 Å². The standard InChI is InChI=1S/C15H24N2O2S/c1-13-6-7-15(12-14(13)2)20(18,19)16-8-5-11-17-9-3-4-10-17/h6-7,12,16H,3-5,8-11H2,1-2H3. The van der Waals surface area contributed by atoms with Crippen LogP contribution in [0.15, 0.2) is 23.1 Å². The first kappa shape index (κ1) is 15.5. The fourth-order valence-corrected chi connectivity index (χ4v) is 3.64. The summed E-state index contributed by atoms with van der Waals surface area (Å²) in [6.45, 7) is 7.71. The molecule has 1 aliphatic heterocycles. The van der Waals surface area contributed by atoms with Gasteiger partial charge in [-0.25, -0.2) is 13.1 Å². The summed E-state index contributed by atoms with van der Waals surface area (Å²) in [4.78, 5) is 2.76. The van der Waals surface area contributed by atoms with E-state index in [1.54, 1.807) is 12.1 Å². The van der Waals surface area contributed by atoms with Crippen LogP contribution in [-0.4, -0.2) is 39.5 Å². The molecule has 0 radical (unpaired) electrons. The SMILES string of the molecule is Cc1ccc(S(=O)(=O)NCCCN2CCCC2)cc1C. The smallest absolute Gasteiger partial charge is 0.240 e. The van der Waals surface area contributed by atoms with Gasteiger partial charge in [-0.05, 0) is 76.0 Å². The van der Waals surface area contributed by atoms with Crippen molar-refractivity contribution < 1.29 is 8.42 Å². The second-order valence-corrected chi connectivity index (χ2v) is 7.31. The zero-order valence-corrected chi connectivity index (χ0v) is 13.2. The van der Waals surface area contributed by atoms with E-state index >= 15 is 0 Å². The van der Waals surface area contributed by atoms with Crippen LogP contribution in [0.2, 0.25) is 0 Å². The van der Waals surface area contributed by atoms with Crippen LogP contribution in [0.1, 0.15) is 30.4 Å². The Morgan fingerprint density at radius 3 is 2.50 bits per heavy atom. The molecule has 1 fully saturated rings. The van der Waals surface area contributed by atoms with Gasteiger partial charge in [-0.3, -0.25) is 0 Å². The van der Waals surface area contributed by atoms with Gasteiger partial charge < -0.3 is 4.90 Å². The number of aryl methyl sites for hydroxylation is 2. The van der Waals surface area contributed by atoms with Crippen LogP contribution in [0.4, 0.5) is 0 Å². The molecule has 0 spiro atoms. The van der Waals surface area contributed by atoms with Gasteiger partial charge in [0, 0.05) is 6.54 Å². The maximum atomic E-state index is 12.2. The first-order valence-electron chi connectivity index (χ1n) is 7.28. The molecule has 5 heteroatoms. The highest BCUT2D eigenvalue weighted by molar-refractivity contribution is 7.89. The molecule has 1 saturated heterocycles. The number of rotatable bonds is 6. The molecular weight excluding hydrogens is 272 g/mol. The van der Waals surface area contributed by atoms with Crippen molar-refractivity contribution in [3.8, 4) is 0 Å². The highest BCUT2D eigenvalue weighted by Crippen LogP contribution is 2.14. The molecular formula is C15H24N2O2S. The quantitative estimate of drug-likeness (QED) is 0.818. The number of likely N-dealkylation sites (tertiary alicyclic amines) is 1. The molecule has 1 aromatic carbocycles. The molecule has 0 aliphatic carbocycles. The Labute approximate surface area is 122 Å². The minimum absolute atomic E-state index is 0.363. The average Bonchev–Trinajstić information content (AvgIpc) is 2.91. The van der Waals surface area contributed by atoms with Crippen LogP contribution in [0.5, 0.6) is 0 Å². The minimum Gasteiger partial charge on any atom is -0.303 e. The van der Waals surface area contributed by atoms with E-state index in [-0.39, 0.29) is 0 Å². The topological polar surface area (TPSA) is 49.4 Å². The fourth-order valence-electron chi connectivity index (χ4n) is 2.48. The molecule has 0 aromatic heterocycles. The van der Waals surface area contributed by atoms with Crippen molar-refractivity contribution in [2.45, 2.75) is 38.0 Å². The first-order valence-corrected chi connectivity index (χ1v) is 8.77. The third-order valence-corrected chi connectivity index (χ3v) is 5.39. The average molecular weight is 296 g/mol. The van der Waals surface area contributed by atoms with Crippen LogP contribution in [0.3, 0.4) is 0 Å². The second-order valence-electron chi connectivity index (χ2n) is 5.55. The van der Waals surface area contributed by atoms with E-state index in [0.29, 0.717) is 11.4 Å². The molecule has 2 rings (SSSR count). The summed E-state index contributed by atoms with van der Waals surface area (Å²) in [6.07, 6.45) is 3.41. The van der Waals surface area contributed by atoms with Crippen molar-refractivity contribution in [1.82, 2.24) is 9.62 Å². The molecule has 0 unspecified atom stereocenters. The van der Waals surface area contributed by atoms with Crippen molar-refractivity contribution in [2.75, 3.05) is 26.2 Å². The van der Waals surface area contributed by atoms with E-state index < -0.39 is 10.0 Å². The summed E-state index contributed by atoms with van der Waals surface area (Å²) in [5.74, 6) is 0. The zero-order chi connectivity index (χ0) is 14.6. The van der Waals surface area contributed by atoms with E-state index in [0.717, 1.165) is 37.2 Å². The molecule has 1 aliphatic rings. The number of sulfonamides is 1.